The molecule has 0 aliphatic carbocycles. The molecule has 0 radical (unpaired) electrons. The summed E-state index contributed by atoms with van der Waals surface area (Å²) in [5, 5.41) is 18.4. The molecule has 0 amide bonds. The molecule has 126 valence electrons. The third kappa shape index (κ3) is 3.38. The van der Waals surface area contributed by atoms with E-state index in [2.05, 4.69) is 4.18 Å². The lowest BCUT2D eigenvalue weighted by molar-refractivity contribution is 0.266. The number of halogens is 1. The van der Waals surface area contributed by atoms with Crippen molar-refractivity contribution in [3.8, 4) is 5.75 Å². The molecule has 0 saturated carbocycles. The fourth-order valence-electron chi connectivity index (χ4n) is 1.58. The van der Waals surface area contributed by atoms with E-state index in [1.54, 1.807) is 6.92 Å². The first-order valence-electron chi connectivity index (χ1n) is 5.81. The highest BCUT2D eigenvalue weighted by molar-refractivity contribution is 8.05. The average Bonchev–Trinajstić information content (AvgIpc) is 2.38. The van der Waals surface area contributed by atoms with Crippen molar-refractivity contribution in [2.45, 2.75) is 31.4 Å². The number of aryl methyl sites for hydroxylation is 1. The fourth-order valence-corrected chi connectivity index (χ4v) is 3.30. The Bertz CT molecular complexity index is 742. The molecular weight excluding hydrogens is 343 g/mol. The van der Waals surface area contributed by atoms with E-state index in [1.807, 2.05) is 0 Å². The van der Waals surface area contributed by atoms with E-state index in [0.717, 1.165) is 0 Å². The van der Waals surface area contributed by atoms with Crippen molar-refractivity contribution in [1.29, 1.82) is 0 Å². The summed E-state index contributed by atoms with van der Waals surface area (Å²) in [4.78, 5) is 0. The van der Waals surface area contributed by atoms with Crippen LogP contribution in [0.2, 0.25) is 0 Å². The molecule has 11 heteroatoms. The van der Waals surface area contributed by atoms with Gasteiger partial charge >= 0.3 is 24.6 Å². The summed E-state index contributed by atoms with van der Waals surface area (Å²) >= 11 is 0. The Hall–Kier alpha value is -1.27. The molecule has 0 fully saturated rings. The molecule has 1 atom stereocenters. The monoisotopic (exact) mass is 358 g/mol. The van der Waals surface area contributed by atoms with Crippen molar-refractivity contribution < 1.29 is 40.2 Å². The van der Waals surface area contributed by atoms with E-state index >= 15 is 0 Å². The molecular formula is C11H15FO8S2. The van der Waals surface area contributed by atoms with Crippen LogP contribution < -0.4 is 4.18 Å². The van der Waals surface area contributed by atoms with Crippen molar-refractivity contribution in [2.75, 3.05) is 0 Å². The van der Waals surface area contributed by atoms with Crippen molar-refractivity contribution in [1.82, 2.24) is 0 Å². The molecule has 0 aliphatic rings. The van der Waals surface area contributed by atoms with Gasteiger partial charge in [-0.3, -0.25) is 4.55 Å². The molecule has 0 aromatic heterocycles. The first kappa shape index (κ1) is 18.8. The summed E-state index contributed by atoms with van der Waals surface area (Å²) in [6.07, 6.45) is 0. The first-order chi connectivity index (χ1) is 9.87. The molecule has 3 N–H and O–H groups in total. The van der Waals surface area contributed by atoms with Crippen LogP contribution in [0.25, 0.3) is 0 Å². The van der Waals surface area contributed by atoms with Gasteiger partial charge in [0, 0.05) is 18.1 Å². The van der Waals surface area contributed by atoms with Gasteiger partial charge in [-0.1, -0.05) is 5.56 Å². The number of benzene rings is 1. The van der Waals surface area contributed by atoms with Gasteiger partial charge in [0.15, 0.2) is 5.75 Å². The predicted octanol–water partition coefficient (Wildman–Crippen LogP) is 0.219. The third-order valence-corrected chi connectivity index (χ3v) is 6.27. The molecule has 22 heavy (non-hydrogen) atoms. The van der Waals surface area contributed by atoms with E-state index in [1.165, 1.54) is 12.1 Å². The Labute approximate surface area is 127 Å². The van der Waals surface area contributed by atoms with Crippen LogP contribution in [0.15, 0.2) is 12.1 Å². The zero-order valence-electron chi connectivity index (χ0n) is 11.6. The lowest BCUT2D eigenvalue weighted by atomic mass is 10.1. The van der Waals surface area contributed by atoms with Gasteiger partial charge in [0.2, 0.25) is 0 Å². The van der Waals surface area contributed by atoms with Crippen LogP contribution >= 0.6 is 0 Å². The minimum absolute atomic E-state index is 0.0984. The van der Waals surface area contributed by atoms with E-state index < -0.39 is 43.5 Å². The lowest BCUT2D eigenvalue weighted by Gasteiger charge is -2.20. The molecule has 1 aromatic rings. The van der Waals surface area contributed by atoms with Gasteiger partial charge in [0.05, 0.1) is 13.2 Å². The average molecular weight is 358 g/mol. The number of rotatable bonds is 6. The summed E-state index contributed by atoms with van der Waals surface area (Å²) in [6, 6.07) is 2.63. The van der Waals surface area contributed by atoms with Gasteiger partial charge in [-0.25, -0.2) is 4.39 Å². The molecule has 0 saturated heterocycles. The first-order valence-corrected chi connectivity index (χ1v) is 8.66. The maximum Gasteiger partial charge on any atom is 0.365 e. The predicted molar refractivity (Wildman–Crippen MR) is 73.6 cm³/mol. The number of aliphatic hydroxyl groups is 2. The van der Waals surface area contributed by atoms with Crippen molar-refractivity contribution in [2.24, 2.45) is 0 Å². The minimum atomic E-state index is -5.63. The van der Waals surface area contributed by atoms with E-state index in [0.29, 0.717) is 5.56 Å². The lowest BCUT2D eigenvalue weighted by Crippen LogP contribution is -2.41. The highest BCUT2D eigenvalue weighted by atomic mass is 32.3. The molecule has 0 heterocycles. The number of hydrogen-bond acceptors (Lipinski definition) is 7. The van der Waals surface area contributed by atoms with Crippen LogP contribution in [0.4, 0.5) is 4.39 Å². The second kappa shape index (κ2) is 6.08. The van der Waals surface area contributed by atoms with Crippen molar-refractivity contribution >= 4 is 20.2 Å². The largest absolute Gasteiger partial charge is 0.392 e. The van der Waals surface area contributed by atoms with Gasteiger partial charge in [0.1, 0.15) is 0 Å². The van der Waals surface area contributed by atoms with Crippen LogP contribution in [-0.2, 0) is 33.5 Å². The summed E-state index contributed by atoms with van der Waals surface area (Å²) in [6.45, 7) is 0.292. The number of alkyl halides is 1. The quantitative estimate of drug-likeness (QED) is 0.485. The maximum atomic E-state index is 13.9. The minimum Gasteiger partial charge on any atom is -0.392 e. The third-order valence-electron chi connectivity index (χ3n) is 2.83. The van der Waals surface area contributed by atoms with Crippen LogP contribution in [0.3, 0.4) is 0 Å². The van der Waals surface area contributed by atoms with Crippen LogP contribution in [-0.4, -0.2) is 35.9 Å². The Balaban J connectivity index is 3.48. The fraction of sp³-hybridized carbons (Fsp3) is 0.455. The second-order valence-electron chi connectivity index (χ2n) is 4.58. The smallest absolute Gasteiger partial charge is 0.365 e. The van der Waals surface area contributed by atoms with Gasteiger partial charge in [0.25, 0.3) is 0 Å². The Morgan fingerprint density at radius 1 is 1.14 bits per heavy atom. The molecule has 8 nitrogen and oxygen atoms in total. The van der Waals surface area contributed by atoms with Crippen LogP contribution in [0.5, 0.6) is 5.75 Å². The normalized spacial score (nSPS) is 15.4. The van der Waals surface area contributed by atoms with E-state index in [9.17, 15) is 31.4 Å². The summed E-state index contributed by atoms with van der Waals surface area (Å²) in [5.41, 5.74) is 0.355. The van der Waals surface area contributed by atoms with E-state index in [4.69, 9.17) is 4.55 Å². The maximum absolute atomic E-state index is 13.9. The highest BCUT2D eigenvalue weighted by Crippen LogP contribution is 2.33. The Morgan fingerprint density at radius 2 is 1.55 bits per heavy atom. The van der Waals surface area contributed by atoms with Crippen molar-refractivity contribution in [3.63, 3.8) is 0 Å². The molecule has 0 spiro atoms. The summed E-state index contributed by atoms with van der Waals surface area (Å²) in [7, 11) is -11.1. The van der Waals surface area contributed by atoms with Gasteiger partial charge in [-0.05, 0) is 19.1 Å². The van der Waals surface area contributed by atoms with Gasteiger partial charge in [-0.2, -0.15) is 16.8 Å². The second-order valence-corrected chi connectivity index (χ2v) is 8.39. The number of hydrogen-bond donors (Lipinski definition) is 3. The molecule has 0 aliphatic heterocycles. The zero-order chi connectivity index (χ0) is 17.3. The van der Waals surface area contributed by atoms with Crippen molar-refractivity contribution in [3.05, 3.63) is 28.8 Å². The topological polar surface area (TPSA) is 138 Å². The van der Waals surface area contributed by atoms with Crippen LogP contribution in [0.1, 0.15) is 23.6 Å². The summed E-state index contributed by atoms with van der Waals surface area (Å²) in [5.74, 6) is -0.594. The Morgan fingerprint density at radius 3 is 1.86 bits per heavy atom. The standard InChI is InChI=1S/C11H15FO8S2/c1-7-3-8(5-13)10(9(4-7)6-14)20-22(18,19)11(2,12)21(15,16)17/h3-4,13-14H,5-6H2,1-2H3,(H,15,16,17). The summed E-state index contributed by atoms with van der Waals surface area (Å²) < 4.78 is 68.3. The molecule has 1 aromatic carbocycles. The van der Waals surface area contributed by atoms with Gasteiger partial charge < -0.3 is 14.4 Å². The highest BCUT2D eigenvalue weighted by Gasteiger charge is 2.54. The SMILES string of the molecule is Cc1cc(CO)c(OS(=O)(=O)C(C)(F)S(=O)(=O)O)c(CO)c1. The van der Waals surface area contributed by atoms with Gasteiger partial charge in [-0.15, -0.1) is 0 Å². The van der Waals surface area contributed by atoms with E-state index in [-0.39, 0.29) is 18.1 Å². The van der Waals surface area contributed by atoms with Crippen LogP contribution in [0, 0.1) is 6.92 Å². The Kier molecular flexibility index (Phi) is 5.19. The zero-order valence-corrected chi connectivity index (χ0v) is 13.3. The molecule has 0 bridgehead atoms. The molecule has 1 rings (SSSR count). The number of aliphatic hydroxyl groups excluding tert-OH is 2. The molecule has 1 unspecified atom stereocenters.